The van der Waals surface area contributed by atoms with Crippen LogP contribution in [0.15, 0.2) is 206 Å². The van der Waals surface area contributed by atoms with Crippen molar-refractivity contribution in [2.24, 2.45) is 0 Å². The molecule has 0 fully saturated rings. The minimum absolute atomic E-state index is 0.107. The van der Waals surface area contributed by atoms with E-state index in [1.54, 1.807) is 0 Å². The Labute approximate surface area is 364 Å². The number of benzene rings is 9. The summed E-state index contributed by atoms with van der Waals surface area (Å²) in [5.41, 5.74) is 22.5. The summed E-state index contributed by atoms with van der Waals surface area (Å²) in [6.07, 6.45) is 0. The lowest BCUT2D eigenvalue weighted by Crippen LogP contribution is -2.18. The van der Waals surface area contributed by atoms with Crippen LogP contribution in [0.2, 0.25) is 0 Å². The van der Waals surface area contributed by atoms with E-state index < -0.39 is 0 Å². The molecule has 12 rings (SSSR count). The zero-order valence-corrected chi connectivity index (χ0v) is 35.5. The number of hydrogen-bond acceptors (Lipinski definition) is 1. The zero-order valence-electron chi connectivity index (χ0n) is 35.5. The summed E-state index contributed by atoms with van der Waals surface area (Å²) >= 11 is 0. The van der Waals surface area contributed by atoms with E-state index >= 15 is 0 Å². The highest BCUT2D eigenvalue weighted by atomic mass is 15.1. The zero-order chi connectivity index (χ0) is 41.7. The number of hydrogen-bond donors (Lipinski definition) is 0. The highest BCUT2D eigenvalue weighted by Crippen LogP contribution is 2.53. The molecule has 10 aromatic rings. The Hall–Kier alpha value is -7.42. The Bertz CT molecular complexity index is 3280. The van der Waals surface area contributed by atoms with Gasteiger partial charge in [-0.15, -0.1) is 0 Å². The van der Waals surface area contributed by atoms with Crippen molar-refractivity contribution < 1.29 is 0 Å². The molecule has 0 radical (unpaired) electrons. The van der Waals surface area contributed by atoms with E-state index in [-0.39, 0.29) is 10.8 Å². The van der Waals surface area contributed by atoms with E-state index in [4.69, 9.17) is 0 Å². The Kier molecular flexibility index (Phi) is 7.96. The predicted octanol–water partition coefficient (Wildman–Crippen LogP) is 16.2. The van der Waals surface area contributed by atoms with Crippen molar-refractivity contribution in [2.45, 2.75) is 38.5 Å². The first-order valence-electron chi connectivity index (χ1n) is 21.8. The van der Waals surface area contributed by atoms with Crippen LogP contribution in [-0.4, -0.2) is 4.57 Å². The second kappa shape index (κ2) is 13.5. The molecule has 0 amide bonds. The molecule has 2 nitrogen and oxygen atoms in total. The number of para-hydroxylation sites is 1. The average Bonchev–Trinajstić information content (AvgIpc) is 3.86. The lowest BCUT2D eigenvalue weighted by atomic mass is 9.82. The molecule has 1 heterocycles. The normalized spacial score (nSPS) is 14.1. The number of rotatable bonds is 6. The second-order valence-corrected chi connectivity index (χ2v) is 18.2. The lowest BCUT2D eigenvalue weighted by molar-refractivity contribution is 0.660. The molecule has 0 spiro atoms. The van der Waals surface area contributed by atoms with Gasteiger partial charge >= 0.3 is 0 Å². The number of nitrogens with zero attached hydrogens (tertiary/aromatic N) is 2. The monoisotopic (exact) mass is 794 g/mol. The fraction of sp³-hybridized carbons (Fsp3) is 0.100. The van der Waals surface area contributed by atoms with Crippen molar-refractivity contribution in [2.75, 3.05) is 4.90 Å². The van der Waals surface area contributed by atoms with E-state index in [2.05, 4.69) is 243 Å². The number of aromatic nitrogens is 1. The van der Waals surface area contributed by atoms with Crippen LogP contribution in [-0.2, 0) is 10.8 Å². The van der Waals surface area contributed by atoms with E-state index in [1.807, 2.05) is 0 Å². The van der Waals surface area contributed by atoms with Crippen molar-refractivity contribution in [3.05, 3.63) is 229 Å². The Morgan fingerprint density at radius 3 is 1.40 bits per heavy atom. The van der Waals surface area contributed by atoms with E-state index in [1.165, 1.54) is 88.6 Å². The topological polar surface area (TPSA) is 8.17 Å². The molecule has 0 saturated heterocycles. The van der Waals surface area contributed by atoms with Gasteiger partial charge in [-0.3, -0.25) is 0 Å². The average molecular weight is 795 g/mol. The summed E-state index contributed by atoms with van der Waals surface area (Å²) in [6, 6.07) is 76.5. The first kappa shape index (κ1) is 36.4. The van der Waals surface area contributed by atoms with Gasteiger partial charge < -0.3 is 9.47 Å². The third kappa shape index (κ3) is 5.43. The van der Waals surface area contributed by atoms with Gasteiger partial charge in [-0.1, -0.05) is 173 Å². The number of fused-ring (bicyclic) bond motifs is 9. The first-order valence-corrected chi connectivity index (χ1v) is 21.8. The van der Waals surface area contributed by atoms with Gasteiger partial charge in [-0.05, 0) is 127 Å². The summed E-state index contributed by atoms with van der Waals surface area (Å²) in [5.74, 6) is 0. The predicted molar refractivity (Wildman–Crippen MR) is 261 cm³/mol. The van der Waals surface area contributed by atoms with Gasteiger partial charge in [0, 0.05) is 44.4 Å². The summed E-state index contributed by atoms with van der Waals surface area (Å²) in [6.45, 7) is 9.47. The van der Waals surface area contributed by atoms with Crippen LogP contribution in [0.25, 0.3) is 72.0 Å². The van der Waals surface area contributed by atoms with Gasteiger partial charge in [0.1, 0.15) is 0 Å². The van der Waals surface area contributed by atoms with Crippen molar-refractivity contribution in [1.82, 2.24) is 4.57 Å². The van der Waals surface area contributed by atoms with Gasteiger partial charge in [0.15, 0.2) is 0 Å². The Morgan fingerprint density at radius 1 is 0.323 bits per heavy atom. The van der Waals surface area contributed by atoms with E-state index in [9.17, 15) is 0 Å². The molecule has 0 bridgehead atoms. The summed E-state index contributed by atoms with van der Waals surface area (Å²) < 4.78 is 2.42. The maximum Gasteiger partial charge on any atom is 0.0547 e. The fourth-order valence-electron chi connectivity index (χ4n) is 10.8. The largest absolute Gasteiger partial charge is 0.310 e. The minimum atomic E-state index is -0.107. The van der Waals surface area contributed by atoms with Crippen LogP contribution in [0.3, 0.4) is 0 Å². The van der Waals surface area contributed by atoms with Gasteiger partial charge in [-0.25, -0.2) is 0 Å². The molecule has 62 heavy (non-hydrogen) atoms. The molecule has 1 aromatic heterocycles. The lowest BCUT2D eigenvalue weighted by Gasteiger charge is -2.30. The molecule has 0 aliphatic heterocycles. The van der Waals surface area contributed by atoms with Crippen molar-refractivity contribution in [3.63, 3.8) is 0 Å². The van der Waals surface area contributed by atoms with Crippen molar-refractivity contribution in [3.8, 4) is 50.2 Å². The Morgan fingerprint density at radius 2 is 0.774 bits per heavy atom. The van der Waals surface area contributed by atoms with Crippen LogP contribution < -0.4 is 4.90 Å². The van der Waals surface area contributed by atoms with Gasteiger partial charge in [-0.2, -0.15) is 0 Å². The standard InChI is InChI=1S/C60H46N2/c1-59(2)53-19-11-8-16-47(53)49-34-31-45(37-55(49)59)61(46-32-35-50-48-17-9-12-20-54(48)60(3,4)56(50)38-46)43-27-24-41(25-28-43)42-26-33-52-51-18-10-13-21-57(51)62(58(52)36-42)44-29-22-40(23-30-44)39-14-6-5-7-15-39/h5-38H,1-4H3. The highest BCUT2D eigenvalue weighted by Gasteiger charge is 2.37. The molecule has 0 N–H and O–H groups in total. The molecule has 0 atom stereocenters. The first-order chi connectivity index (χ1) is 30.3. The van der Waals surface area contributed by atoms with Crippen LogP contribution >= 0.6 is 0 Å². The van der Waals surface area contributed by atoms with Crippen molar-refractivity contribution >= 4 is 38.9 Å². The molecule has 0 unspecified atom stereocenters. The number of anilines is 3. The van der Waals surface area contributed by atoms with Crippen LogP contribution in [0.4, 0.5) is 17.1 Å². The van der Waals surface area contributed by atoms with Crippen molar-refractivity contribution in [1.29, 1.82) is 0 Å². The third-order valence-electron chi connectivity index (χ3n) is 14.0. The minimum Gasteiger partial charge on any atom is -0.310 e. The smallest absolute Gasteiger partial charge is 0.0547 e. The van der Waals surface area contributed by atoms with Crippen LogP contribution in [0.1, 0.15) is 49.9 Å². The van der Waals surface area contributed by atoms with Crippen LogP contribution in [0.5, 0.6) is 0 Å². The summed E-state index contributed by atoms with van der Waals surface area (Å²) in [7, 11) is 0. The molecule has 296 valence electrons. The van der Waals surface area contributed by atoms with Gasteiger partial charge in [0.05, 0.1) is 11.0 Å². The SMILES string of the molecule is CC1(C)c2ccccc2-c2ccc(N(c3ccc(-c4ccc5c6ccccc6n(-c6ccc(-c7ccccc7)cc6)c5c4)cc3)c3ccc4c(c3)C(C)(C)c3ccccc3-4)cc21. The maximum absolute atomic E-state index is 2.46. The molecule has 2 heteroatoms. The maximum atomic E-state index is 2.46. The van der Waals surface area contributed by atoms with E-state index in [0.29, 0.717) is 0 Å². The van der Waals surface area contributed by atoms with E-state index in [0.717, 1.165) is 22.7 Å². The molecule has 9 aromatic carbocycles. The van der Waals surface area contributed by atoms with Gasteiger partial charge in [0.2, 0.25) is 0 Å². The third-order valence-corrected chi connectivity index (χ3v) is 14.0. The molecular formula is C60H46N2. The van der Waals surface area contributed by atoms with Crippen LogP contribution in [0, 0.1) is 0 Å². The molecule has 2 aliphatic carbocycles. The Balaban J connectivity index is 0.971. The summed E-state index contributed by atoms with van der Waals surface area (Å²) in [4.78, 5) is 2.46. The van der Waals surface area contributed by atoms with Gasteiger partial charge in [0.25, 0.3) is 0 Å². The molecule has 0 saturated carbocycles. The second-order valence-electron chi connectivity index (χ2n) is 18.2. The quantitative estimate of drug-likeness (QED) is 0.163. The fourth-order valence-corrected chi connectivity index (χ4v) is 10.8. The molecule has 2 aliphatic rings. The summed E-state index contributed by atoms with van der Waals surface area (Å²) in [5, 5.41) is 2.51. The molecular weight excluding hydrogens is 749 g/mol. The highest BCUT2D eigenvalue weighted by molar-refractivity contribution is 6.10.